The predicted molar refractivity (Wildman–Crippen MR) is 63.1 cm³/mol. The van der Waals surface area contributed by atoms with Gasteiger partial charge in [0, 0.05) is 30.7 Å². The Morgan fingerprint density at radius 3 is 2.50 bits per heavy atom. The Hall–Kier alpha value is -1.79. The molecule has 0 aliphatic carbocycles. The summed E-state index contributed by atoms with van der Waals surface area (Å²) >= 11 is 6.21. The first-order valence-electron chi connectivity index (χ1n) is 4.82. The lowest BCUT2D eigenvalue weighted by molar-refractivity contribution is 0.888. The van der Waals surface area contributed by atoms with Gasteiger partial charge in [-0.05, 0) is 19.1 Å². The second-order valence-corrected chi connectivity index (χ2v) is 3.91. The third-order valence-corrected chi connectivity index (χ3v) is 3.06. The molecule has 0 radical (unpaired) electrons. The zero-order valence-electron chi connectivity index (χ0n) is 9.03. The Morgan fingerprint density at radius 2 is 2.00 bits per heavy atom. The van der Waals surface area contributed by atoms with Crippen LogP contribution in [0.4, 0.5) is 0 Å². The SMILES string of the molecule is Cc1c(C#N)c(Cl)c(-c2ccncc2)n1C. The second kappa shape index (κ2) is 3.99. The lowest BCUT2D eigenvalue weighted by Crippen LogP contribution is -1.94. The smallest absolute Gasteiger partial charge is 0.103 e. The maximum atomic E-state index is 9.02. The first kappa shape index (κ1) is 10.7. The summed E-state index contributed by atoms with van der Waals surface area (Å²) in [5.74, 6) is 0. The van der Waals surface area contributed by atoms with E-state index in [2.05, 4.69) is 11.1 Å². The molecule has 0 aliphatic heterocycles. The fourth-order valence-corrected chi connectivity index (χ4v) is 2.13. The van der Waals surface area contributed by atoms with Gasteiger partial charge in [-0.25, -0.2) is 0 Å². The zero-order valence-corrected chi connectivity index (χ0v) is 9.78. The van der Waals surface area contributed by atoms with Crippen LogP contribution in [0.2, 0.25) is 5.02 Å². The Labute approximate surface area is 98.9 Å². The van der Waals surface area contributed by atoms with Crippen molar-refractivity contribution in [2.24, 2.45) is 7.05 Å². The Morgan fingerprint density at radius 1 is 1.38 bits per heavy atom. The van der Waals surface area contributed by atoms with Gasteiger partial charge in [-0.2, -0.15) is 5.26 Å². The summed E-state index contributed by atoms with van der Waals surface area (Å²) < 4.78 is 1.93. The molecule has 2 heterocycles. The molecule has 2 aromatic rings. The highest BCUT2D eigenvalue weighted by molar-refractivity contribution is 6.34. The van der Waals surface area contributed by atoms with E-state index in [1.165, 1.54) is 0 Å². The quantitative estimate of drug-likeness (QED) is 0.757. The molecule has 0 N–H and O–H groups in total. The van der Waals surface area contributed by atoms with E-state index < -0.39 is 0 Å². The number of nitrogens with zero attached hydrogens (tertiary/aromatic N) is 3. The highest BCUT2D eigenvalue weighted by atomic mass is 35.5. The molecule has 0 saturated heterocycles. The monoisotopic (exact) mass is 231 g/mol. The fraction of sp³-hybridized carbons (Fsp3) is 0.167. The van der Waals surface area contributed by atoms with Crippen molar-refractivity contribution < 1.29 is 0 Å². The van der Waals surface area contributed by atoms with Crippen molar-refractivity contribution in [1.29, 1.82) is 5.26 Å². The maximum Gasteiger partial charge on any atom is 0.103 e. The summed E-state index contributed by atoms with van der Waals surface area (Å²) in [7, 11) is 1.90. The van der Waals surface area contributed by atoms with Crippen LogP contribution in [0.5, 0.6) is 0 Å². The van der Waals surface area contributed by atoms with Crippen molar-refractivity contribution in [3.63, 3.8) is 0 Å². The van der Waals surface area contributed by atoms with Gasteiger partial charge in [0.05, 0.1) is 16.3 Å². The van der Waals surface area contributed by atoms with Gasteiger partial charge in [0.2, 0.25) is 0 Å². The largest absolute Gasteiger partial charge is 0.345 e. The molecule has 2 aromatic heterocycles. The van der Waals surface area contributed by atoms with Crippen molar-refractivity contribution in [3.05, 3.63) is 40.8 Å². The molecular weight excluding hydrogens is 222 g/mol. The molecule has 0 saturated carbocycles. The molecule has 0 amide bonds. The van der Waals surface area contributed by atoms with Crippen LogP contribution in [-0.4, -0.2) is 9.55 Å². The van der Waals surface area contributed by atoms with E-state index in [0.29, 0.717) is 10.6 Å². The van der Waals surface area contributed by atoms with E-state index in [1.54, 1.807) is 12.4 Å². The average molecular weight is 232 g/mol. The van der Waals surface area contributed by atoms with Gasteiger partial charge in [0.15, 0.2) is 0 Å². The number of rotatable bonds is 1. The summed E-state index contributed by atoms with van der Waals surface area (Å²) in [6, 6.07) is 5.88. The molecule has 0 spiro atoms. The van der Waals surface area contributed by atoms with Crippen LogP contribution in [0, 0.1) is 18.3 Å². The second-order valence-electron chi connectivity index (χ2n) is 3.53. The first-order chi connectivity index (χ1) is 7.66. The Kier molecular flexibility index (Phi) is 2.67. The van der Waals surface area contributed by atoms with Crippen molar-refractivity contribution in [3.8, 4) is 17.3 Å². The normalized spacial score (nSPS) is 10.1. The standard InChI is InChI=1S/C12H10ClN3/c1-8-10(7-14)11(13)12(16(8)2)9-3-5-15-6-4-9/h3-6H,1-2H3. The van der Waals surface area contributed by atoms with Gasteiger partial charge in [-0.15, -0.1) is 0 Å². The molecule has 0 bridgehead atoms. The summed E-state index contributed by atoms with van der Waals surface area (Å²) in [6.45, 7) is 1.88. The number of hydrogen-bond donors (Lipinski definition) is 0. The minimum atomic E-state index is 0.508. The van der Waals surface area contributed by atoms with Gasteiger partial charge in [0.25, 0.3) is 0 Å². The van der Waals surface area contributed by atoms with E-state index in [9.17, 15) is 0 Å². The summed E-state index contributed by atoms with van der Waals surface area (Å²) in [5, 5.41) is 9.53. The van der Waals surface area contributed by atoms with E-state index in [0.717, 1.165) is 17.0 Å². The number of hydrogen-bond acceptors (Lipinski definition) is 2. The molecule has 80 valence electrons. The van der Waals surface area contributed by atoms with Crippen molar-refractivity contribution in [2.75, 3.05) is 0 Å². The molecule has 0 aliphatic rings. The van der Waals surface area contributed by atoms with Crippen LogP contribution < -0.4 is 0 Å². The van der Waals surface area contributed by atoms with E-state index >= 15 is 0 Å². The van der Waals surface area contributed by atoms with Gasteiger partial charge in [-0.3, -0.25) is 4.98 Å². The predicted octanol–water partition coefficient (Wildman–Crippen LogP) is 2.92. The lowest BCUT2D eigenvalue weighted by atomic mass is 10.2. The average Bonchev–Trinajstić information content (AvgIpc) is 2.51. The maximum absolute atomic E-state index is 9.02. The Bertz CT molecular complexity index is 564. The molecular formula is C12H10ClN3. The fourth-order valence-electron chi connectivity index (χ4n) is 1.72. The van der Waals surface area contributed by atoms with Gasteiger partial charge >= 0.3 is 0 Å². The van der Waals surface area contributed by atoms with Crippen molar-refractivity contribution in [1.82, 2.24) is 9.55 Å². The van der Waals surface area contributed by atoms with Crippen molar-refractivity contribution >= 4 is 11.6 Å². The molecule has 16 heavy (non-hydrogen) atoms. The third-order valence-electron chi connectivity index (χ3n) is 2.69. The first-order valence-corrected chi connectivity index (χ1v) is 5.20. The minimum absolute atomic E-state index is 0.508. The van der Waals surface area contributed by atoms with E-state index in [4.69, 9.17) is 16.9 Å². The van der Waals surface area contributed by atoms with Gasteiger partial charge < -0.3 is 4.57 Å². The van der Waals surface area contributed by atoms with Crippen LogP contribution >= 0.6 is 11.6 Å². The van der Waals surface area contributed by atoms with Gasteiger partial charge in [-0.1, -0.05) is 11.6 Å². The molecule has 0 atom stereocenters. The van der Waals surface area contributed by atoms with Gasteiger partial charge in [0.1, 0.15) is 6.07 Å². The summed E-state index contributed by atoms with van der Waals surface area (Å²) in [4.78, 5) is 3.96. The number of nitriles is 1. The molecule has 4 heteroatoms. The van der Waals surface area contributed by atoms with Crippen LogP contribution in [0.15, 0.2) is 24.5 Å². The van der Waals surface area contributed by atoms with Crippen LogP contribution in [-0.2, 0) is 7.05 Å². The highest BCUT2D eigenvalue weighted by Crippen LogP contribution is 2.33. The third kappa shape index (κ3) is 1.48. The molecule has 2 rings (SSSR count). The molecule has 3 nitrogen and oxygen atoms in total. The minimum Gasteiger partial charge on any atom is -0.345 e. The summed E-state index contributed by atoms with van der Waals surface area (Å²) in [6.07, 6.45) is 3.42. The topological polar surface area (TPSA) is 41.6 Å². The van der Waals surface area contributed by atoms with Crippen LogP contribution in [0.3, 0.4) is 0 Å². The number of pyridine rings is 1. The highest BCUT2D eigenvalue weighted by Gasteiger charge is 2.17. The number of halogens is 1. The molecule has 0 unspecified atom stereocenters. The summed E-state index contributed by atoms with van der Waals surface area (Å²) in [5.41, 5.74) is 3.24. The van der Waals surface area contributed by atoms with Crippen LogP contribution in [0.1, 0.15) is 11.3 Å². The Balaban J connectivity index is 2.73. The number of aromatic nitrogens is 2. The van der Waals surface area contributed by atoms with Crippen LogP contribution in [0.25, 0.3) is 11.3 Å². The van der Waals surface area contributed by atoms with E-state index in [1.807, 2.05) is 30.7 Å². The molecule has 0 fully saturated rings. The molecule has 0 aromatic carbocycles. The lowest BCUT2D eigenvalue weighted by Gasteiger charge is -2.04. The van der Waals surface area contributed by atoms with E-state index in [-0.39, 0.29) is 0 Å². The zero-order chi connectivity index (χ0) is 11.7. The van der Waals surface area contributed by atoms with Crippen molar-refractivity contribution in [2.45, 2.75) is 6.92 Å².